The number of benzene rings is 4. The number of aryl methyl sites for hydroxylation is 1. The Labute approximate surface area is 222 Å². The van der Waals surface area contributed by atoms with Crippen LogP contribution in [0, 0.1) is 0 Å². The topological polar surface area (TPSA) is 31.2 Å². The van der Waals surface area contributed by atoms with Gasteiger partial charge in [-0.2, -0.15) is 0 Å². The van der Waals surface area contributed by atoms with Crippen molar-refractivity contribution in [1.82, 2.24) is 4.57 Å². The molecule has 1 atom stereocenters. The van der Waals surface area contributed by atoms with Gasteiger partial charge in [-0.25, -0.2) is 0 Å². The smallest absolute Gasteiger partial charge is 0.307 e. The standard InChI is InChI=1S/C33H29NO2S/c35-31(36-32(25-14-6-2-7-15-25)26-16-8-3-9-17-26)22-27-20-21-29-28-18-10-11-19-30(28)34(33(29)37-27)23-24-12-4-1-5-13-24/h1-19,27,32H,20-23H2. The Hall–Kier alpha value is -3.76. The number of rotatable bonds is 7. The summed E-state index contributed by atoms with van der Waals surface area (Å²) in [6.07, 6.45) is 1.94. The molecule has 1 aromatic heterocycles. The van der Waals surface area contributed by atoms with Gasteiger partial charge in [0.15, 0.2) is 6.10 Å². The zero-order valence-corrected chi connectivity index (χ0v) is 21.4. The van der Waals surface area contributed by atoms with Crippen molar-refractivity contribution in [1.29, 1.82) is 0 Å². The van der Waals surface area contributed by atoms with Gasteiger partial charge in [0.05, 0.1) is 11.4 Å². The lowest BCUT2D eigenvalue weighted by molar-refractivity contribution is -0.147. The number of fused-ring (bicyclic) bond motifs is 3. The summed E-state index contributed by atoms with van der Waals surface area (Å²) in [5.41, 5.74) is 5.93. The maximum atomic E-state index is 13.3. The van der Waals surface area contributed by atoms with E-state index in [2.05, 4.69) is 59.2 Å². The third-order valence-electron chi connectivity index (χ3n) is 7.05. The van der Waals surface area contributed by atoms with Crippen LogP contribution in [-0.4, -0.2) is 15.8 Å². The fraction of sp³-hybridized carbons (Fsp3) is 0.182. The maximum Gasteiger partial charge on any atom is 0.307 e. The van der Waals surface area contributed by atoms with E-state index in [4.69, 9.17) is 4.74 Å². The number of carbonyl (C=O) groups is 1. The maximum absolute atomic E-state index is 13.3. The quantitative estimate of drug-likeness (QED) is 0.212. The second kappa shape index (κ2) is 10.7. The van der Waals surface area contributed by atoms with E-state index in [-0.39, 0.29) is 11.2 Å². The van der Waals surface area contributed by atoms with Gasteiger partial charge >= 0.3 is 5.97 Å². The second-order valence-corrected chi connectivity index (χ2v) is 10.8. The molecule has 5 aromatic rings. The molecule has 0 spiro atoms. The van der Waals surface area contributed by atoms with Crippen molar-refractivity contribution in [3.63, 3.8) is 0 Å². The molecule has 0 radical (unpaired) electrons. The van der Waals surface area contributed by atoms with Crippen LogP contribution in [0.5, 0.6) is 0 Å². The highest BCUT2D eigenvalue weighted by atomic mass is 32.2. The molecule has 0 bridgehead atoms. The molecule has 4 aromatic carbocycles. The highest BCUT2D eigenvalue weighted by molar-refractivity contribution is 8.00. The highest BCUT2D eigenvalue weighted by Crippen LogP contribution is 2.43. The SMILES string of the molecule is O=C(CC1CCc2c(n(Cc3ccccc3)c3ccccc23)S1)OC(c1ccccc1)c1ccccc1. The Morgan fingerprint density at radius 2 is 1.41 bits per heavy atom. The molecule has 37 heavy (non-hydrogen) atoms. The van der Waals surface area contributed by atoms with E-state index in [0.29, 0.717) is 6.42 Å². The second-order valence-electron chi connectivity index (χ2n) is 9.55. The van der Waals surface area contributed by atoms with E-state index in [1.807, 2.05) is 72.4 Å². The largest absolute Gasteiger partial charge is 0.453 e. The van der Waals surface area contributed by atoms with Gasteiger partial charge in [-0.1, -0.05) is 109 Å². The molecule has 3 nitrogen and oxygen atoms in total. The summed E-state index contributed by atoms with van der Waals surface area (Å²) in [7, 11) is 0. The van der Waals surface area contributed by atoms with Gasteiger partial charge in [0.1, 0.15) is 0 Å². The highest BCUT2D eigenvalue weighted by Gasteiger charge is 2.29. The van der Waals surface area contributed by atoms with Gasteiger partial charge in [-0.05, 0) is 41.2 Å². The number of hydrogen-bond acceptors (Lipinski definition) is 3. The van der Waals surface area contributed by atoms with Crippen molar-refractivity contribution in [2.24, 2.45) is 0 Å². The number of thioether (sulfide) groups is 1. The summed E-state index contributed by atoms with van der Waals surface area (Å²) >= 11 is 1.84. The summed E-state index contributed by atoms with van der Waals surface area (Å²) in [6.45, 7) is 0.824. The molecule has 6 rings (SSSR count). The van der Waals surface area contributed by atoms with Crippen LogP contribution >= 0.6 is 11.8 Å². The Balaban J connectivity index is 1.24. The number of aromatic nitrogens is 1. The molecule has 1 unspecified atom stereocenters. The molecule has 1 aliphatic heterocycles. The van der Waals surface area contributed by atoms with Gasteiger partial charge in [0.2, 0.25) is 0 Å². The summed E-state index contributed by atoms with van der Waals surface area (Å²) in [6, 6.07) is 39.3. The summed E-state index contributed by atoms with van der Waals surface area (Å²) < 4.78 is 8.57. The number of esters is 1. The zero-order valence-electron chi connectivity index (χ0n) is 20.6. The molecule has 1 aliphatic rings. The molecular weight excluding hydrogens is 474 g/mol. The Morgan fingerprint density at radius 1 is 0.811 bits per heavy atom. The van der Waals surface area contributed by atoms with Crippen molar-refractivity contribution >= 4 is 28.6 Å². The first kappa shape index (κ1) is 23.6. The van der Waals surface area contributed by atoms with E-state index in [1.165, 1.54) is 27.1 Å². The van der Waals surface area contributed by atoms with E-state index in [0.717, 1.165) is 30.5 Å². The van der Waals surface area contributed by atoms with Crippen molar-refractivity contribution < 1.29 is 9.53 Å². The lowest BCUT2D eigenvalue weighted by Gasteiger charge is -2.25. The average molecular weight is 504 g/mol. The molecule has 0 aliphatic carbocycles. The molecule has 0 saturated carbocycles. The van der Waals surface area contributed by atoms with Crippen molar-refractivity contribution in [3.05, 3.63) is 138 Å². The molecular formula is C33H29NO2S. The van der Waals surface area contributed by atoms with Crippen LogP contribution in [0.3, 0.4) is 0 Å². The molecule has 4 heteroatoms. The molecule has 0 saturated heterocycles. The van der Waals surface area contributed by atoms with Crippen molar-refractivity contribution in [3.8, 4) is 0 Å². The molecule has 2 heterocycles. The minimum Gasteiger partial charge on any atom is -0.453 e. The van der Waals surface area contributed by atoms with Gasteiger partial charge in [0, 0.05) is 22.7 Å². The number of nitrogens with zero attached hydrogens (tertiary/aromatic N) is 1. The zero-order chi connectivity index (χ0) is 25.0. The number of hydrogen-bond donors (Lipinski definition) is 0. The fourth-order valence-electron chi connectivity index (χ4n) is 5.27. The minimum atomic E-state index is -0.399. The third kappa shape index (κ3) is 5.07. The lowest BCUT2D eigenvalue weighted by Crippen LogP contribution is -2.20. The van der Waals surface area contributed by atoms with E-state index in [1.54, 1.807) is 0 Å². The Kier molecular flexibility index (Phi) is 6.83. The van der Waals surface area contributed by atoms with Gasteiger partial charge < -0.3 is 9.30 Å². The van der Waals surface area contributed by atoms with Crippen LogP contribution in [-0.2, 0) is 22.5 Å². The number of para-hydroxylation sites is 1. The molecule has 184 valence electrons. The van der Waals surface area contributed by atoms with E-state index >= 15 is 0 Å². The predicted molar refractivity (Wildman–Crippen MR) is 151 cm³/mol. The fourth-order valence-corrected chi connectivity index (χ4v) is 6.68. The van der Waals surface area contributed by atoms with E-state index in [9.17, 15) is 4.79 Å². The first-order valence-corrected chi connectivity index (χ1v) is 13.7. The number of carbonyl (C=O) groups excluding carboxylic acids is 1. The monoisotopic (exact) mass is 503 g/mol. The van der Waals surface area contributed by atoms with Crippen LogP contribution in [0.15, 0.2) is 120 Å². The lowest BCUT2D eigenvalue weighted by atomic mass is 10.0. The van der Waals surface area contributed by atoms with Crippen LogP contribution < -0.4 is 0 Å². The van der Waals surface area contributed by atoms with Crippen molar-refractivity contribution in [2.45, 2.75) is 42.2 Å². The number of ether oxygens (including phenoxy) is 1. The Bertz CT molecular complexity index is 1460. The first-order chi connectivity index (χ1) is 18.3. The summed E-state index contributed by atoms with van der Waals surface area (Å²) in [5.74, 6) is -0.149. The molecule has 0 N–H and O–H groups in total. The van der Waals surface area contributed by atoms with Crippen LogP contribution in [0.2, 0.25) is 0 Å². The first-order valence-electron chi connectivity index (χ1n) is 12.9. The minimum absolute atomic E-state index is 0.149. The van der Waals surface area contributed by atoms with Gasteiger partial charge in [-0.3, -0.25) is 4.79 Å². The van der Waals surface area contributed by atoms with Crippen molar-refractivity contribution in [2.75, 3.05) is 0 Å². The predicted octanol–water partition coefficient (Wildman–Crippen LogP) is 7.82. The average Bonchev–Trinajstić information content (AvgIpc) is 3.26. The van der Waals surface area contributed by atoms with Gasteiger partial charge in [0.25, 0.3) is 0 Å². The molecule has 0 fully saturated rings. The summed E-state index contributed by atoms with van der Waals surface area (Å²) in [4.78, 5) is 13.3. The summed E-state index contributed by atoms with van der Waals surface area (Å²) in [5, 5.41) is 2.80. The van der Waals surface area contributed by atoms with E-state index < -0.39 is 6.10 Å². The third-order valence-corrected chi connectivity index (χ3v) is 8.48. The van der Waals surface area contributed by atoms with Gasteiger partial charge in [-0.15, -0.1) is 11.8 Å². The van der Waals surface area contributed by atoms with Crippen LogP contribution in [0.4, 0.5) is 0 Å². The van der Waals surface area contributed by atoms with Crippen LogP contribution in [0.25, 0.3) is 10.9 Å². The van der Waals surface area contributed by atoms with Crippen LogP contribution in [0.1, 0.15) is 41.2 Å². The molecule has 0 amide bonds. The Morgan fingerprint density at radius 3 is 2.08 bits per heavy atom. The normalized spacial score (nSPS) is 15.0.